The lowest BCUT2D eigenvalue weighted by Crippen LogP contribution is -1.97. The minimum Gasteiger partial charge on any atom is -0.481 e. The second kappa shape index (κ2) is 2.75. The first-order chi connectivity index (χ1) is 5.68. The highest BCUT2D eigenvalue weighted by Crippen LogP contribution is 2.50. The Balaban J connectivity index is 2.10. The van der Waals surface area contributed by atoms with Crippen LogP contribution in [0.4, 0.5) is 0 Å². The molecule has 1 fully saturated rings. The number of hydrogen-bond donors (Lipinski definition) is 1. The average Bonchev–Trinajstić information content (AvgIpc) is 2.70. The van der Waals surface area contributed by atoms with Crippen molar-refractivity contribution in [3.8, 4) is 0 Å². The number of carbonyl (C=O) groups is 1. The lowest BCUT2D eigenvalue weighted by atomic mass is 10.3. The number of rotatable bonds is 2. The van der Waals surface area contributed by atoms with E-state index in [4.69, 9.17) is 16.7 Å². The number of aliphatic carboxylic acids is 1. The second-order valence-corrected chi connectivity index (χ2v) is 4.68. The first kappa shape index (κ1) is 8.08. The minimum atomic E-state index is -0.690. The third kappa shape index (κ3) is 1.34. The van der Waals surface area contributed by atoms with Crippen molar-refractivity contribution in [2.75, 3.05) is 0 Å². The Kier molecular flexibility index (Phi) is 1.85. The summed E-state index contributed by atoms with van der Waals surface area (Å²) in [4.78, 5) is 11.6. The molecule has 0 amide bonds. The zero-order valence-corrected chi connectivity index (χ0v) is 7.73. The van der Waals surface area contributed by atoms with E-state index < -0.39 is 5.97 Å². The Hall–Kier alpha value is -0.540. The highest BCUT2D eigenvalue weighted by molar-refractivity contribution is 7.16. The maximum Gasteiger partial charge on any atom is 0.307 e. The summed E-state index contributed by atoms with van der Waals surface area (Å²) in [6.45, 7) is 0. The van der Waals surface area contributed by atoms with Gasteiger partial charge in [0.1, 0.15) is 0 Å². The van der Waals surface area contributed by atoms with Crippen LogP contribution in [0.2, 0.25) is 4.34 Å². The molecular weight excluding hydrogens is 196 g/mol. The molecule has 2 atom stereocenters. The van der Waals surface area contributed by atoms with Crippen LogP contribution in [0.1, 0.15) is 17.2 Å². The first-order valence-corrected chi connectivity index (χ1v) is 4.86. The van der Waals surface area contributed by atoms with Crippen molar-refractivity contribution >= 4 is 28.9 Å². The summed E-state index contributed by atoms with van der Waals surface area (Å²) in [7, 11) is 0. The molecule has 1 aliphatic rings. The van der Waals surface area contributed by atoms with Gasteiger partial charge in [0.05, 0.1) is 10.3 Å². The molecule has 2 rings (SSSR count). The van der Waals surface area contributed by atoms with Gasteiger partial charge in [0.25, 0.3) is 0 Å². The third-order valence-corrected chi connectivity index (χ3v) is 3.43. The zero-order chi connectivity index (χ0) is 8.72. The van der Waals surface area contributed by atoms with Crippen LogP contribution in [-0.4, -0.2) is 11.1 Å². The Morgan fingerprint density at radius 1 is 1.67 bits per heavy atom. The molecule has 0 bridgehead atoms. The first-order valence-electron chi connectivity index (χ1n) is 3.66. The number of carboxylic acid groups (broad SMARTS) is 1. The van der Waals surface area contributed by atoms with Gasteiger partial charge in [-0.15, -0.1) is 11.3 Å². The molecule has 0 saturated heterocycles. The number of hydrogen-bond acceptors (Lipinski definition) is 2. The van der Waals surface area contributed by atoms with Crippen molar-refractivity contribution in [1.82, 2.24) is 0 Å². The molecule has 1 aliphatic carbocycles. The molecule has 12 heavy (non-hydrogen) atoms. The van der Waals surface area contributed by atoms with Gasteiger partial charge in [-0.2, -0.15) is 0 Å². The predicted molar refractivity (Wildman–Crippen MR) is 47.8 cm³/mol. The molecule has 0 unspecified atom stereocenters. The molecule has 64 valence electrons. The van der Waals surface area contributed by atoms with E-state index in [1.807, 2.05) is 12.1 Å². The average molecular weight is 203 g/mol. The molecule has 1 heterocycles. The summed E-state index contributed by atoms with van der Waals surface area (Å²) in [5.74, 6) is -0.635. The van der Waals surface area contributed by atoms with Gasteiger partial charge in [-0.05, 0) is 18.6 Å². The monoisotopic (exact) mass is 202 g/mol. The lowest BCUT2D eigenvalue weighted by molar-refractivity contribution is -0.138. The van der Waals surface area contributed by atoms with Crippen LogP contribution >= 0.6 is 22.9 Å². The van der Waals surface area contributed by atoms with Crippen LogP contribution in [0.5, 0.6) is 0 Å². The summed E-state index contributed by atoms with van der Waals surface area (Å²) in [5.41, 5.74) is 0. The quantitative estimate of drug-likeness (QED) is 0.801. The van der Waals surface area contributed by atoms with Gasteiger partial charge in [-0.25, -0.2) is 0 Å². The van der Waals surface area contributed by atoms with E-state index in [1.54, 1.807) is 0 Å². The van der Waals surface area contributed by atoms with E-state index in [0.717, 1.165) is 15.6 Å². The highest BCUT2D eigenvalue weighted by Gasteiger charge is 2.44. The van der Waals surface area contributed by atoms with E-state index in [0.29, 0.717) is 0 Å². The van der Waals surface area contributed by atoms with Crippen LogP contribution in [0.25, 0.3) is 0 Å². The third-order valence-electron chi connectivity index (χ3n) is 2.07. The summed E-state index contributed by atoms with van der Waals surface area (Å²) >= 11 is 7.21. The Morgan fingerprint density at radius 3 is 2.83 bits per heavy atom. The maximum absolute atomic E-state index is 10.5. The van der Waals surface area contributed by atoms with Crippen LogP contribution in [0, 0.1) is 5.92 Å². The molecule has 0 aliphatic heterocycles. The summed E-state index contributed by atoms with van der Waals surface area (Å²) in [6.07, 6.45) is 0.770. The molecule has 0 radical (unpaired) electrons. The number of halogens is 1. The van der Waals surface area contributed by atoms with Gasteiger partial charge in [0.15, 0.2) is 0 Å². The predicted octanol–water partition coefficient (Wildman–Crippen LogP) is 2.59. The largest absolute Gasteiger partial charge is 0.481 e. The van der Waals surface area contributed by atoms with Gasteiger partial charge in [-0.3, -0.25) is 4.79 Å². The second-order valence-electron chi connectivity index (χ2n) is 2.93. The molecule has 0 aromatic carbocycles. The van der Waals surface area contributed by atoms with Crippen LogP contribution in [0.3, 0.4) is 0 Å². The van der Waals surface area contributed by atoms with Gasteiger partial charge in [0, 0.05) is 10.8 Å². The van der Waals surface area contributed by atoms with Crippen molar-refractivity contribution in [3.05, 3.63) is 21.3 Å². The SMILES string of the molecule is O=C(O)[C@@H]1C[C@H]1c1ccc(Cl)s1. The summed E-state index contributed by atoms with van der Waals surface area (Å²) in [6, 6.07) is 3.74. The van der Waals surface area contributed by atoms with Crippen molar-refractivity contribution in [1.29, 1.82) is 0 Å². The standard InChI is InChI=1S/C8H7ClO2S/c9-7-2-1-6(12-7)4-3-5(4)8(10)11/h1-2,4-5H,3H2,(H,10,11)/t4-,5-/m1/s1. The minimum absolute atomic E-state index is 0.167. The fourth-order valence-corrected chi connectivity index (χ4v) is 2.55. The van der Waals surface area contributed by atoms with Gasteiger partial charge < -0.3 is 5.11 Å². The lowest BCUT2D eigenvalue weighted by Gasteiger charge is -1.89. The molecule has 0 spiro atoms. The summed E-state index contributed by atoms with van der Waals surface area (Å²) in [5, 5.41) is 8.66. The molecular formula is C8H7ClO2S. The highest BCUT2D eigenvalue weighted by atomic mass is 35.5. The zero-order valence-electron chi connectivity index (χ0n) is 6.16. The Bertz CT molecular complexity index is 321. The van der Waals surface area contributed by atoms with E-state index >= 15 is 0 Å². The van der Waals surface area contributed by atoms with Crippen molar-refractivity contribution in [2.45, 2.75) is 12.3 Å². The van der Waals surface area contributed by atoms with E-state index in [-0.39, 0.29) is 11.8 Å². The van der Waals surface area contributed by atoms with Crippen LogP contribution < -0.4 is 0 Å². The van der Waals surface area contributed by atoms with E-state index in [2.05, 4.69) is 0 Å². The van der Waals surface area contributed by atoms with E-state index in [1.165, 1.54) is 11.3 Å². The number of carboxylic acids is 1. The Labute approximate surface area is 78.8 Å². The fourth-order valence-electron chi connectivity index (χ4n) is 1.31. The molecule has 4 heteroatoms. The van der Waals surface area contributed by atoms with Crippen molar-refractivity contribution < 1.29 is 9.90 Å². The van der Waals surface area contributed by atoms with Crippen molar-refractivity contribution in [2.24, 2.45) is 5.92 Å². The topological polar surface area (TPSA) is 37.3 Å². The molecule has 1 saturated carbocycles. The normalized spacial score (nSPS) is 27.1. The van der Waals surface area contributed by atoms with Gasteiger partial charge >= 0.3 is 5.97 Å². The van der Waals surface area contributed by atoms with Gasteiger partial charge in [-0.1, -0.05) is 11.6 Å². The maximum atomic E-state index is 10.5. The molecule has 1 N–H and O–H groups in total. The molecule has 2 nitrogen and oxygen atoms in total. The molecule has 1 aromatic rings. The fraction of sp³-hybridized carbons (Fsp3) is 0.375. The smallest absolute Gasteiger partial charge is 0.307 e. The number of thiophene rings is 1. The van der Waals surface area contributed by atoms with E-state index in [9.17, 15) is 4.79 Å². The van der Waals surface area contributed by atoms with Crippen LogP contribution in [-0.2, 0) is 4.79 Å². The van der Waals surface area contributed by atoms with Gasteiger partial charge in [0.2, 0.25) is 0 Å². The Morgan fingerprint density at radius 2 is 2.42 bits per heavy atom. The van der Waals surface area contributed by atoms with Crippen LogP contribution in [0.15, 0.2) is 12.1 Å². The summed E-state index contributed by atoms with van der Waals surface area (Å²) < 4.78 is 0.737. The molecule has 1 aromatic heterocycles. The van der Waals surface area contributed by atoms with Crippen molar-refractivity contribution in [3.63, 3.8) is 0 Å².